The van der Waals surface area contributed by atoms with E-state index in [9.17, 15) is 0 Å². The van der Waals surface area contributed by atoms with Crippen LogP contribution in [0, 0.1) is 0 Å². The van der Waals surface area contributed by atoms with E-state index in [1.807, 2.05) is 0 Å². The third-order valence-electron chi connectivity index (χ3n) is 3.81. The summed E-state index contributed by atoms with van der Waals surface area (Å²) in [6, 6.07) is 6.91. The Morgan fingerprint density at radius 2 is 2.05 bits per heavy atom. The summed E-state index contributed by atoms with van der Waals surface area (Å²) in [7, 11) is 4.28. The van der Waals surface area contributed by atoms with E-state index in [4.69, 9.17) is 0 Å². The average Bonchev–Trinajstić information content (AvgIpc) is 2.43. The Bertz CT molecular complexity index is 401. The number of anilines is 2. The zero-order chi connectivity index (χ0) is 13.7. The van der Waals surface area contributed by atoms with Crippen LogP contribution in [0.2, 0.25) is 0 Å². The van der Waals surface area contributed by atoms with Crippen molar-refractivity contribution in [2.75, 3.05) is 50.5 Å². The molecule has 1 aromatic carbocycles. The van der Waals surface area contributed by atoms with Gasteiger partial charge in [-0.05, 0) is 64.5 Å². The summed E-state index contributed by atoms with van der Waals surface area (Å²) >= 11 is 0. The molecule has 0 saturated heterocycles. The van der Waals surface area contributed by atoms with Gasteiger partial charge in [0.1, 0.15) is 0 Å². The lowest BCUT2D eigenvalue weighted by Gasteiger charge is -2.26. The first kappa shape index (κ1) is 14.2. The van der Waals surface area contributed by atoms with Crippen LogP contribution in [0.3, 0.4) is 0 Å². The Balaban J connectivity index is 2.01. The van der Waals surface area contributed by atoms with Gasteiger partial charge in [0.15, 0.2) is 0 Å². The normalized spacial score (nSPS) is 14.1. The second-order valence-electron chi connectivity index (χ2n) is 5.61. The number of aryl methyl sites for hydroxylation is 1. The molecular formula is C16H27N3. The van der Waals surface area contributed by atoms with Crippen molar-refractivity contribution >= 4 is 11.4 Å². The maximum atomic E-state index is 3.52. The van der Waals surface area contributed by atoms with E-state index in [-0.39, 0.29) is 0 Å². The van der Waals surface area contributed by atoms with Crippen molar-refractivity contribution in [3.8, 4) is 0 Å². The largest absolute Gasteiger partial charge is 0.385 e. The van der Waals surface area contributed by atoms with Crippen LogP contribution >= 0.6 is 0 Å². The molecule has 2 rings (SSSR count). The van der Waals surface area contributed by atoms with E-state index in [0.717, 1.165) is 26.2 Å². The maximum absolute atomic E-state index is 3.52. The quantitative estimate of drug-likeness (QED) is 0.849. The number of hydrogen-bond donors (Lipinski definition) is 1. The third-order valence-corrected chi connectivity index (χ3v) is 3.81. The molecule has 0 saturated carbocycles. The van der Waals surface area contributed by atoms with Crippen molar-refractivity contribution in [3.05, 3.63) is 23.8 Å². The molecule has 0 fully saturated rings. The van der Waals surface area contributed by atoms with Crippen LogP contribution in [0.4, 0.5) is 11.4 Å². The molecule has 0 unspecified atom stereocenters. The van der Waals surface area contributed by atoms with Crippen LogP contribution in [0.1, 0.15) is 25.3 Å². The molecule has 0 aliphatic carbocycles. The van der Waals surface area contributed by atoms with E-state index in [1.54, 1.807) is 0 Å². The van der Waals surface area contributed by atoms with Gasteiger partial charge in [-0.3, -0.25) is 0 Å². The third kappa shape index (κ3) is 3.87. The van der Waals surface area contributed by atoms with E-state index < -0.39 is 0 Å². The van der Waals surface area contributed by atoms with E-state index >= 15 is 0 Å². The molecule has 0 bridgehead atoms. The molecule has 0 aromatic heterocycles. The fourth-order valence-electron chi connectivity index (χ4n) is 2.69. The molecular weight excluding hydrogens is 234 g/mol. The number of hydrogen-bond acceptors (Lipinski definition) is 3. The molecule has 1 heterocycles. The fraction of sp³-hybridized carbons (Fsp3) is 0.625. The lowest BCUT2D eigenvalue weighted by molar-refractivity contribution is 0.400. The summed E-state index contributed by atoms with van der Waals surface area (Å²) in [5, 5.41) is 3.52. The predicted octanol–water partition coefficient (Wildman–Crippen LogP) is 2.82. The highest BCUT2D eigenvalue weighted by Gasteiger charge is 2.11. The number of nitrogens with one attached hydrogen (secondary N) is 1. The minimum Gasteiger partial charge on any atom is -0.385 e. The molecule has 1 aromatic rings. The molecule has 3 nitrogen and oxygen atoms in total. The summed E-state index contributed by atoms with van der Waals surface area (Å²) in [4.78, 5) is 4.72. The van der Waals surface area contributed by atoms with Crippen LogP contribution in [0.25, 0.3) is 0 Å². The minimum atomic E-state index is 1.08. The summed E-state index contributed by atoms with van der Waals surface area (Å²) in [5.74, 6) is 0. The van der Waals surface area contributed by atoms with Crippen LogP contribution in [0.5, 0.6) is 0 Å². The van der Waals surface area contributed by atoms with Gasteiger partial charge in [-0.2, -0.15) is 0 Å². The van der Waals surface area contributed by atoms with Crippen molar-refractivity contribution in [1.29, 1.82) is 0 Å². The number of fused-ring (bicyclic) bond motifs is 1. The highest BCUT2D eigenvalue weighted by atomic mass is 15.1. The summed E-state index contributed by atoms with van der Waals surface area (Å²) < 4.78 is 0. The van der Waals surface area contributed by atoms with Gasteiger partial charge in [0.2, 0.25) is 0 Å². The van der Waals surface area contributed by atoms with Gasteiger partial charge in [-0.15, -0.1) is 0 Å². The molecule has 3 heteroatoms. The molecule has 0 spiro atoms. The van der Waals surface area contributed by atoms with Crippen LogP contribution < -0.4 is 10.2 Å². The Hall–Kier alpha value is -1.22. The van der Waals surface area contributed by atoms with Gasteiger partial charge in [-0.25, -0.2) is 0 Å². The van der Waals surface area contributed by atoms with Gasteiger partial charge in [0.25, 0.3) is 0 Å². The SMILES string of the molecule is CCN(CCCN(C)C)c1ccc2c(c1)NCCC2. The van der Waals surface area contributed by atoms with Crippen molar-refractivity contribution < 1.29 is 0 Å². The number of nitrogens with zero attached hydrogens (tertiary/aromatic N) is 2. The molecule has 0 radical (unpaired) electrons. The maximum Gasteiger partial charge on any atom is 0.0393 e. The Labute approximate surface area is 117 Å². The highest BCUT2D eigenvalue weighted by molar-refractivity contribution is 5.63. The first-order valence-corrected chi connectivity index (χ1v) is 7.47. The standard InChI is InChI=1S/C16H27N3/c1-4-19(12-6-11-18(2)3)15-9-8-14-7-5-10-17-16(14)13-15/h8-9,13,17H,4-7,10-12H2,1-3H3. The van der Waals surface area contributed by atoms with Gasteiger partial charge < -0.3 is 15.1 Å². The van der Waals surface area contributed by atoms with Crippen LogP contribution in [0.15, 0.2) is 18.2 Å². The fourth-order valence-corrected chi connectivity index (χ4v) is 2.69. The first-order chi connectivity index (χ1) is 9.20. The van der Waals surface area contributed by atoms with Gasteiger partial charge >= 0.3 is 0 Å². The summed E-state index contributed by atoms with van der Waals surface area (Å²) in [6.45, 7) is 6.71. The molecule has 1 N–H and O–H groups in total. The number of rotatable bonds is 6. The molecule has 1 aliphatic heterocycles. The second-order valence-corrected chi connectivity index (χ2v) is 5.61. The Morgan fingerprint density at radius 1 is 1.21 bits per heavy atom. The van der Waals surface area contributed by atoms with Crippen molar-refractivity contribution in [2.24, 2.45) is 0 Å². The first-order valence-electron chi connectivity index (χ1n) is 7.47. The molecule has 0 atom stereocenters. The lowest BCUT2D eigenvalue weighted by atomic mass is 10.0. The van der Waals surface area contributed by atoms with Crippen LogP contribution in [-0.2, 0) is 6.42 Å². The predicted molar refractivity (Wildman–Crippen MR) is 84.3 cm³/mol. The second kappa shape index (κ2) is 6.80. The number of benzene rings is 1. The van der Waals surface area contributed by atoms with E-state index in [1.165, 1.54) is 36.2 Å². The molecule has 106 valence electrons. The average molecular weight is 261 g/mol. The van der Waals surface area contributed by atoms with Crippen molar-refractivity contribution in [3.63, 3.8) is 0 Å². The smallest absolute Gasteiger partial charge is 0.0393 e. The van der Waals surface area contributed by atoms with Gasteiger partial charge in [0.05, 0.1) is 0 Å². The van der Waals surface area contributed by atoms with E-state index in [2.05, 4.69) is 54.3 Å². The molecule has 19 heavy (non-hydrogen) atoms. The molecule has 0 amide bonds. The van der Waals surface area contributed by atoms with Gasteiger partial charge in [0, 0.05) is 31.0 Å². The highest BCUT2D eigenvalue weighted by Crippen LogP contribution is 2.27. The monoisotopic (exact) mass is 261 g/mol. The van der Waals surface area contributed by atoms with Crippen LogP contribution in [-0.4, -0.2) is 45.2 Å². The van der Waals surface area contributed by atoms with Crippen molar-refractivity contribution in [1.82, 2.24) is 4.90 Å². The van der Waals surface area contributed by atoms with E-state index in [0.29, 0.717) is 0 Å². The lowest BCUT2D eigenvalue weighted by Crippen LogP contribution is -2.27. The Morgan fingerprint density at radius 3 is 2.79 bits per heavy atom. The zero-order valence-corrected chi connectivity index (χ0v) is 12.6. The zero-order valence-electron chi connectivity index (χ0n) is 12.6. The Kier molecular flexibility index (Phi) is 5.08. The summed E-state index contributed by atoms with van der Waals surface area (Å²) in [5.41, 5.74) is 4.17. The molecule has 1 aliphatic rings. The summed E-state index contributed by atoms with van der Waals surface area (Å²) in [6.07, 6.45) is 3.69. The minimum absolute atomic E-state index is 1.08. The van der Waals surface area contributed by atoms with Gasteiger partial charge in [-0.1, -0.05) is 6.07 Å². The topological polar surface area (TPSA) is 18.5 Å². The van der Waals surface area contributed by atoms with Crippen molar-refractivity contribution in [2.45, 2.75) is 26.2 Å².